The van der Waals surface area contributed by atoms with Crippen LogP contribution >= 0.6 is 23.1 Å². The van der Waals surface area contributed by atoms with Crippen LogP contribution in [-0.4, -0.2) is 39.7 Å². The van der Waals surface area contributed by atoms with Crippen molar-refractivity contribution in [1.82, 2.24) is 15.0 Å². The summed E-state index contributed by atoms with van der Waals surface area (Å²) in [5, 5.41) is 4.92. The number of hydrogen-bond acceptors (Lipinski definition) is 7. The summed E-state index contributed by atoms with van der Waals surface area (Å²) < 4.78 is 0.967. The summed E-state index contributed by atoms with van der Waals surface area (Å²) in [5.41, 5.74) is 3.89. The molecule has 1 amide bonds. The number of rotatable bonds is 6. The van der Waals surface area contributed by atoms with Crippen molar-refractivity contribution in [2.75, 3.05) is 29.1 Å². The van der Waals surface area contributed by atoms with E-state index in [1.165, 1.54) is 24.6 Å². The number of nitrogens with one attached hydrogen (secondary N) is 1. The molecule has 1 saturated heterocycles. The Kier molecular flexibility index (Phi) is 6.53. The number of hydrogen-bond donors (Lipinski definition) is 1. The molecule has 1 N–H and O–H groups in total. The van der Waals surface area contributed by atoms with Gasteiger partial charge in [-0.3, -0.25) is 4.79 Å². The Labute approximate surface area is 185 Å². The second-order valence-electron chi connectivity index (χ2n) is 7.80. The molecule has 0 bridgehead atoms. The van der Waals surface area contributed by atoms with E-state index in [4.69, 9.17) is 4.98 Å². The summed E-state index contributed by atoms with van der Waals surface area (Å²) in [6, 6.07) is 6.11. The lowest BCUT2D eigenvalue weighted by Crippen LogP contribution is -2.32. The van der Waals surface area contributed by atoms with Crippen LogP contribution in [0.5, 0.6) is 0 Å². The maximum absolute atomic E-state index is 12.6. The van der Waals surface area contributed by atoms with E-state index in [1.807, 2.05) is 19.1 Å². The third-order valence-corrected chi connectivity index (χ3v) is 7.78. The molecule has 3 aromatic rings. The molecule has 1 aliphatic heterocycles. The predicted molar refractivity (Wildman–Crippen MR) is 126 cm³/mol. The van der Waals surface area contributed by atoms with Gasteiger partial charge in [0.2, 0.25) is 5.91 Å². The van der Waals surface area contributed by atoms with Gasteiger partial charge in [-0.15, -0.1) is 0 Å². The van der Waals surface area contributed by atoms with Gasteiger partial charge in [-0.1, -0.05) is 55.1 Å². The Morgan fingerprint density at radius 2 is 2.10 bits per heavy atom. The van der Waals surface area contributed by atoms with Crippen molar-refractivity contribution in [3.05, 3.63) is 35.7 Å². The van der Waals surface area contributed by atoms with E-state index in [2.05, 4.69) is 40.1 Å². The number of thiazole rings is 1. The number of carbonyl (C=O) groups excluding carboxylic acids is 1. The Balaban J connectivity index is 1.46. The standard InChI is InChI=1S/C22H27N5OS2/c1-4-16-7-5-6-15(3)18(16)25-17(28)12-29-21-19-20(23-13-24-21)26-22(30-19)27-10-8-14(2)9-11-27/h5-7,13-14H,4,8-12H2,1-3H3,(H,25,28). The summed E-state index contributed by atoms with van der Waals surface area (Å²) in [6.07, 6.45) is 4.82. The zero-order valence-corrected chi connectivity index (χ0v) is 19.3. The lowest BCUT2D eigenvalue weighted by Gasteiger charge is -2.29. The van der Waals surface area contributed by atoms with Gasteiger partial charge in [-0.05, 0) is 43.2 Å². The zero-order chi connectivity index (χ0) is 21.1. The van der Waals surface area contributed by atoms with Crippen LogP contribution in [0.1, 0.15) is 37.8 Å². The third kappa shape index (κ3) is 4.59. The number of para-hydroxylation sites is 1. The number of piperidine rings is 1. The van der Waals surface area contributed by atoms with Gasteiger partial charge in [0.05, 0.1) is 5.75 Å². The van der Waals surface area contributed by atoms with Crippen LogP contribution < -0.4 is 10.2 Å². The van der Waals surface area contributed by atoms with E-state index in [0.717, 1.165) is 62.7 Å². The summed E-state index contributed by atoms with van der Waals surface area (Å²) in [4.78, 5) is 28.5. The highest BCUT2D eigenvalue weighted by Crippen LogP contribution is 2.35. The summed E-state index contributed by atoms with van der Waals surface area (Å²) in [6.45, 7) is 8.50. The highest BCUT2D eigenvalue weighted by molar-refractivity contribution is 8.00. The lowest BCUT2D eigenvalue weighted by molar-refractivity contribution is -0.113. The van der Waals surface area contributed by atoms with Crippen molar-refractivity contribution >= 4 is 50.2 Å². The molecule has 0 atom stereocenters. The molecular formula is C22H27N5OS2. The number of anilines is 2. The minimum Gasteiger partial charge on any atom is -0.348 e. The van der Waals surface area contributed by atoms with Crippen LogP contribution in [0.2, 0.25) is 0 Å². The number of amides is 1. The molecule has 0 unspecified atom stereocenters. The number of fused-ring (bicyclic) bond motifs is 1. The first kappa shape index (κ1) is 21.1. The van der Waals surface area contributed by atoms with Gasteiger partial charge in [0.25, 0.3) is 0 Å². The fraction of sp³-hybridized carbons (Fsp3) is 0.455. The lowest BCUT2D eigenvalue weighted by atomic mass is 10.00. The van der Waals surface area contributed by atoms with E-state index in [-0.39, 0.29) is 5.91 Å². The second-order valence-corrected chi connectivity index (χ2v) is 9.74. The molecule has 0 saturated carbocycles. The predicted octanol–water partition coefficient (Wildman–Crippen LogP) is 4.92. The minimum absolute atomic E-state index is 0.0227. The maximum Gasteiger partial charge on any atom is 0.234 e. The summed E-state index contributed by atoms with van der Waals surface area (Å²) >= 11 is 3.08. The Hall–Kier alpha value is -2.19. The fourth-order valence-corrected chi connectivity index (χ4v) is 5.61. The molecule has 158 valence electrons. The molecule has 30 heavy (non-hydrogen) atoms. The number of nitrogens with zero attached hydrogens (tertiary/aromatic N) is 4. The fourth-order valence-electron chi connectivity index (χ4n) is 3.67. The maximum atomic E-state index is 12.6. The number of thioether (sulfide) groups is 1. The molecule has 0 spiro atoms. The zero-order valence-electron chi connectivity index (χ0n) is 17.6. The molecule has 1 aliphatic rings. The van der Waals surface area contributed by atoms with Gasteiger partial charge in [0.1, 0.15) is 16.1 Å². The minimum atomic E-state index is -0.0227. The van der Waals surface area contributed by atoms with E-state index < -0.39 is 0 Å². The second kappa shape index (κ2) is 9.31. The van der Waals surface area contributed by atoms with Crippen molar-refractivity contribution in [3.63, 3.8) is 0 Å². The van der Waals surface area contributed by atoms with Crippen molar-refractivity contribution < 1.29 is 4.79 Å². The van der Waals surface area contributed by atoms with Crippen LogP contribution in [0.4, 0.5) is 10.8 Å². The molecule has 0 radical (unpaired) electrons. The highest BCUT2D eigenvalue weighted by atomic mass is 32.2. The number of carbonyl (C=O) groups is 1. The van der Waals surface area contributed by atoms with Crippen LogP contribution in [0.25, 0.3) is 10.3 Å². The Morgan fingerprint density at radius 3 is 2.87 bits per heavy atom. The van der Waals surface area contributed by atoms with Crippen LogP contribution in [0.3, 0.4) is 0 Å². The van der Waals surface area contributed by atoms with Crippen molar-refractivity contribution in [2.24, 2.45) is 5.92 Å². The monoisotopic (exact) mass is 441 g/mol. The normalized spacial score (nSPS) is 15.0. The molecule has 3 heterocycles. The average Bonchev–Trinajstić information content (AvgIpc) is 3.19. The molecule has 6 nitrogen and oxygen atoms in total. The quantitative estimate of drug-likeness (QED) is 0.432. The van der Waals surface area contributed by atoms with E-state index >= 15 is 0 Å². The van der Waals surface area contributed by atoms with Gasteiger partial charge in [-0.25, -0.2) is 9.97 Å². The van der Waals surface area contributed by atoms with Crippen molar-refractivity contribution in [3.8, 4) is 0 Å². The summed E-state index contributed by atoms with van der Waals surface area (Å²) in [5.74, 6) is 1.06. The smallest absolute Gasteiger partial charge is 0.234 e. The van der Waals surface area contributed by atoms with E-state index in [0.29, 0.717) is 5.75 Å². The molecule has 0 aliphatic carbocycles. The van der Waals surface area contributed by atoms with Crippen LogP contribution in [0.15, 0.2) is 29.6 Å². The van der Waals surface area contributed by atoms with E-state index in [1.54, 1.807) is 17.7 Å². The SMILES string of the molecule is CCc1cccc(C)c1NC(=O)CSc1ncnc2nc(N3CCC(C)CC3)sc12. The topological polar surface area (TPSA) is 71.0 Å². The van der Waals surface area contributed by atoms with Gasteiger partial charge in [0.15, 0.2) is 10.8 Å². The number of aryl methyl sites for hydroxylation is 2. The van der Waals surface area contributed by atoms with Gasteiger partial charge in [-0.2, -0.15) is 4.98 Å². The Morgan fingerprint density at radius 1 is 1.30 bits per heavy atom. The van der Waals surface area contributed by atoms with Crippen molar-refractivity contribution in [2.45, 2.75) is 45.1 Å². The van der Waals surface area contributed by atoms with Gasteiger partial charge >= 0.3 is 0 Å². The van der Waals surface area contributed by atoms with Gasteiger partial charge < -0.3 is 10.2 Å². The molecule has 2 aromatic heterocycles. The Bertz CT molecular complexity index is 1040. The molecular weight excluding hydrogens is 414 g/mol. The average molecular weight is 442 g/mol. The highest BCUT2D eigenvalue weighted by Gasteiger charge is 2.21. The van der Waals surface area contributed by atoms with Crippen LogP contribution in [-0.2, 0) is 11.2 Å². The molecule has 4 rings (SSSR count). The molecule has 1 fully saturated rings. The van der Waals surface area contributed by atoms with Crippen molar-refractivity contribution in [1.29, 1.82) is 0 Å². The first-order valence-corrected chi connectivity index (χ1v) is 12.2. The summed E-state index contributed by atoms with van der Waals surface area (Å²) in [7, 11) is 0. The largest absolute Gasteiger partial charge is 0.348 e. The molecule has 1 aromatic carbocycles. The molecule has 8 heteroatoms. The van der Waals surface area contributed by atoms with E-state index in [9.17, 15) is 4.79 Å². The number of aromatic nitrogens is 3. The first-order chi connectivity index (χ1) is 14.5. The van der Waals surface area contributed by atoms with Gasteiger partial charge in [0, 0.05) is 18.8 Å². The third-order valence-electron chi connectivity index (χ3n) is 5.55. The first-order valence-electron chi connectivity index (χ1n) is 10.4. The number of benzene rings is 1. The van der Waals surface area contributed by atoms with Crippen LogP contribution in [0, 0.1) is 12.8 Å².